The van der Waals surface area contributed by atoms with Crippen LogP contribution in [0.15, 0.2) is 60.7 Å². The van der Waals surface area contributed by atoms with Crippen LogP contribution in [0.2, 0.25) is 0 Å². The van der Waals surface area contributed by atoms with E-state index in [9.17, 15) is 29.1 Å². The van der Waals surface area contributed by atoms with Crippen LogP contribution < -0.4 is 42.2 Å². The molecule has 0 radical (unpaired) electrons. The van der Waals surface area contributed by atoms with Gasteiger partial charge in [0.25, 0.3) is 5.91 Å². The maximum absolute atomic E-state index is 14.6. The second-order valence-electron chi connectivity index (χ2n) is 16.6. The number of nitriles is 1. The van der Waals surface area contributed by atoms with Crippen LogP contribution in [0.5, 0.6) is 17.2 Å². The quantitative estimate of drug-likeness (QED) is 0.0898. The van der Waals surface area contributed by atoms with Gasteiger partial charge in [-0.1, -0.05) is 18.6 Å². The number of amides is 5. The normalized spacial score (nSPS) is 18.0. The molecule has 4 atom stereocenters. The summed E-state index contributed by atoms with van der Waals surface area (Å²) in [5.74, 6) is -2.14. The SMILES string of the molecule is Cc1nc(-c2ccc(OC3CCCCC3)cc2)nc(C)c1C(=O)NC(CCN)C(=O)N(C)[C@@H]1C(=O)N[C@@H](C)C(=O)N[C@H](C(=O)NCC#N)Cc2ccc(OCCN)c(c2)-c2cc1ccc2O. The van der Waals surface area contributed by atoms with Crippen LogP contribution in [0.25, 0.3) is 22.5 Å². The number of nitrogens with zero attached hydrogens (tertiary/aromatic N) is 4. The van der Waals surface area contributed by atoms with Gasteiger partial charge in [0.2, 0.25) is 23.6 Å². The topological polar surface area (TPSA) is 277 Å². The predicted octanol–water partition coefficient (Wildman–Crippen LogP) is 3.01. The average molecular weight is 903 g/mol. The molecule has 2 aliphatic rings. The summed E-state index contributed by atoms with van der Waals surface area (Å²) >= 11 is 0. The fraction of sp³-hybridized carbons (Fsp3) is 0.417. The largest absolute Gasteiger partial charge is 0.507 e. The Labute approximate surface area is 383 Å². The van der Waals surface area contributed by atoms with E-state index in [0.29, 0.717) is 34.1 Å². The number of nitrogens with one attached hydrogen (secondary N) is 4. The van der Waals surface area contributed by atoms with Gasteiger partial charge in [0.1, 0.15) is 54.6 Å². The van der Waals surface area contributed by atoms with Crippen molar-refractivity contribution in [3.8, 4) is 45.8 Å². The van der Waals surface area contributed by atoms with Crippen molar-refractivity contribution < 1.29 is 38.6 Å². The number of benzene rings is 3. The molecule has 1 aromatic heterocycles. The molecule has 0 spiro atoms. The molecule has 18 nitrogen and oxygen atoms in total. The second-order valence-corrected chi connectivity index (χ2v) is 16.6. The van der Waals surface area contributed by atoms with Gasteiger partial charge in [-0.15, -0.1) is 0 Å². The van der Waals surface area contributed by atoms with Gasteiger partial charge >= 0.3 is 0 Å². The fourth-order valence-electron chi connectivity index (χ4n) is 8.31. The van der Waals surface area contributed by atoms with Crippen LogP contribution in [0, 0.1) is 25.2 Å². The first-order valence-electron chi connectivity index (χ1n) is 22.2. The molecule has 1 fully saturated rings. The van der Waals surface area contributed by atoms with E-state index in [0.717, 1.165) is 41.9 Å². The predicted molar refractivity (Wildman–Crippen MR) is 245 cm³/mol. The molecule has 2 heterocycles. The Morgan fingerprint density at radius 1 is 0.939 bits per heavy atom. The van der Waals surface area contributed by atoms with Crippen molar-refractivity contribution in [2.24, 2.45) is 11.5 Å². The van der Waals surface area contributed by atoms with Crippen LogP contribution in [-0.4, -0.2) is 107 Å². The molecule has 66 heavy (non-hydrogen) atoms. The van der Waals surface area contributed by atoms with Crippen molar-refractivity contribution in [2.45, 2.75) is 96.0 Å². The molecular weight excluding hydrogens is 845 g/mol. The highest BCUT2D eigenvalue weighted by Gasteiger charge is 2.36. The lowest BCUT2D eigenvalue weighted by molar-refractivity contribution is -0.141. The van der Waals surface area contributed by atoms with Gasteiger partial charge in [-0.25, -0.2) is 9.97 Å². The highest BCUT2D eigenvalue weighted by atomic mass is 16.5. The molecule has 9 N–H and O–H groups in total. The number of aromatic hydroxyl groups is 1. The zero-order valence-electron chi connectivity index (χ0n) is 37.7. The summed E-state index contributed by atoms with van der Waals surface area (Å²) in [7, 11) is 1.38. The molecule has 4 aromatic rings. The lowest BCUT2D eigenvalue weighted by Crippen LogP contribution is -2.56. The standard InChI is InChI=1S/C48H58N10O8/c1-27-41(28(2)54-43(53-27)31-11-14-34(15-12-31)66-33-8-6-5-7-9-33)46(62)56-37(18-19-49)48(64)58(4)42-32-13-16-39(59)35(26-32)36-24-30(10-17-40(36)65-23-21-51)25-38(45(61)52-22-20-50)57-44(60)29(3)55-47(42)63/h10-17,24,26,29,33,37-38,42,59H,5-9,18-19,21-23,25,49,51H2,1-4H3,(H,52,61)(H,55,63)(H,56,62)(H,57,60)/t29-,37?,38-,42-/m0/s1. The minimum atomic E-state index is -1.44. The van der Waals surface area contributed by atoms with Crippen molar-refractivity contribution in [3.63, 3.8) is 0 Å². The number of aryl methyl sites for hydroxylation is 2. The van der Waals surface area contributed by atoms with Crippen molar-refractivity contribution in [2.75, 3.05) is 33.3 Å². The highest BCUT2D eigenvalue weighted by molar-refractivity contribution is 6.00. The summed E-state index contributed by atoms with van der Waals surface area (Å²) < 4.78 is 12.1. The number of aromatic nitrogens is 2. The molecule has 1 saturated carbocycles. The third-order valence-corrected chi connectivity index (χ3v) is 11.7. The van der Waals surface area contributed by atoms with Gasteiger partial charge in [0, 0.05) is 36.7 Å². The Morgan fingerprint density at radius 2 is 1.65 bits per heavy atom. The number of hydrogen-bond donors (Lipinski definition) is 7. The molecule has 5 amide bonds. The Balaban J connectivity index is 1.30. The Morgan fingerprint density at radius 3 is 2.32 bits per heavy atom. The first-order chi connectivity index (χ1) is 31.7. The molecule has 6 rings (SSSR count). The number of carbonyl (C=O) groups excluding carboxylic acids is 5. The summed E-state index contributed by atoms with van der Waals surface area (Å²) in [5.41, 5.74) is 14.8. The second kappa shape index (κ2) is 22.2. The third-order valence-electron chi connectivity index (χ3n) is 11.7. The van der Waals surface area contributed by atoms with E-state index in [2.05, 4.69) is 31.2 Å². The van der Waals surface area contributed by atoms with Crippen molar-refractivity contribution in [3.05, 3.63) is 88.7 Å². The van der Waals surface area contributed by atoms with E-state index < -0.39 is 53.7 Å². The van der Waals surface area contributed by atoms with E-state index in [1.165, 1.54) is 38.6 Å². The first kappa shape index (κ1) is 48.4. The number of hydrogen-bond acceptors (Lipinski definition) is 13. The monoisotopic (exact) mass is 902 g/mol. The van der Waals surface area contributed by atoms with E-state index >= 15 is 0 Å². The minimum absolute atomic E-state index is 0.0131. The van der Waals surface area contributed by atoms with Crippen LogP contribution in [0.4, 0.5) is 0 Å². The molecule has 18 heteroatoms. The number of phenolic OH excluding ortho intramolecular Hbond substituents is 1. The number of nitrogens with two attached hydrogens (primary N) is 2. The van der Waals surface area contributed by atoms with Crippen LogP contribution >= 0.6 is 0 Å². The van der Waals surface area contributed by atoms with Gasteiger partial charge in [-0.3, -0.25) is 24.0 Å². The fourth-order valence-corrected chi connectivity index (χ4v) is 8.31. The summed E-state index contributed by atoms with van der Waals surface area (Å²) in [5, 5.41) is 31.1. The Kier molecular flexibility index (Phi) is 16.3. The zero-order valence-corrected chi connectivity index (χ0v) is 37.7. The molecule has 3 aromatic carbocycles. The summed E-state index contributed by atoms with van der Waals surface area (Å²) in [6, 6.07) is 13.7. The van der Waals surface area contributed by atoms with Gasteiger partial charge in [-0.05, 0) is 119 Å². The maximum Gasteiger partial charge on any atom is 0.255 e. The number of likely N-dealkylation sites (N-methyl/N-ethyl adjacent to an activating group) is 1. The molecule has 348 valence electrons. The average Bonchev–Trinajstić information content (AvgIpc) is 3.30. The van der Waals surface area contributed by atoms with E-state index in [1.807, 2.05) is 30.3 Å². The molecular formula is C48H58N10O8. The molecule has 1 aliphatic heterocycles. The molecule has 4 bridgehead atoms. The Bertz CT molecular complexity index is 2450. The van der Waals surface area contributed by atoms with Gasteiger partial charge < -0.3 is 52.2 Å². The number of rotatable bonds is 14. The van der Waals surface area contributed by atoms with E-state index in [-0.39, 0.29) is 67.6 Å². The van der Waals surface area contributed by atoms with E-state index in [1.54, 1.807) is 32.0 Å². The minimum Gasteiger partial charge on any atom is -0.507 e. The van der Waals surface area contributed by atoms with Gasteiger partial charge in [0.15, 0.2) is 5.82 Å². The van der Waals surface area contributed by atoms with E-state index in [4.69, 9.17) is 26.2 Å². The van der Waals surface area contributed by atoms with Crippen molar-refractivity contribution in [1.82, 2.24) is 36.1 Å². The van der Waals surface area contributed by atoms with Crippen molar-refractivity contribution in [1.29, 1.82) is 5.26 Å². The zero-order chi connectivity index (χ0) is 47.5. The number of ether oxygens (including phenoxy) is 2. The molecule has 1 aliphatic carbocycles. The van der Waals surface area contributed by atoms with Gasteiger partial charge in [-0.2, -0.15) is 5.26 Å². The summed E-state index contributed by atoms with van der Waals surface area (Å²) in [4.78, 5) is 80.5. The maximum atomic E-state index is 14.6. The molecule has 1 unspecified atom stereocenters. The number of phenols is 1. The lowest BCUT2D eigenvalue weighted by atomic mass is 9.93. The molecule has 0 saturated heterocycles. The van der Waals surface area contributed by atoms with Crippen LogP contribution in [0.3, 0.4) is 0 Å². The first-order valence-corrected chi connectivity index (χ1v) is 22.2. The number of fused-ring (bicyclic) bond motifs is 5. The van der Waals surface area contributed by atoms with Gasteiger partial charge in [0.05, 0.1) is 29.1 Å². The van der Waals surface area contributed by atoms with Crippen LogP contribution in [0.1, 0.15) is 84.4 Å². The van der Waals surface area contributed by atoms with Crippen LogP contribution in [-0.2, 0) is 25.6 Å². The number of carbonyl (C=O) groups is 5. The van der Waals surface area contributed by atoms with Crippen molar-refractivity contribution >= 4 is 29.5 Å². The highest BCUT2D eigenvalue weighted by Crippen LogP contribution is 2.39. The lowest BCUT2D eigenvalue weighted by Gasteiger charge is -2.32. The summed E-state index contributed by atoms with van der Waals surface area (Å²) in [6.45, 7) is 4.76. The Hall–Kier alpha value is -7.10. The smallest absolute Gasteiger partial charge is 0.255 e. The third kappa shape index (κ3) is 11.6. The summed E-state index contributed by atoms with van der Waals surface area (Å²) in [6.07, 6.45) is 5.78.